The van der Waals surface area contributed by atoms with Crippen LogP contribution in [-0.2, 0) is 4.79 Å². The van der Waals surface area contributed by atoms with Crippen molar-refractivity contribution in [3.05, 3.63) is 0 Å². The van der Waals surface area contributed by atoms with Gasteiger partial charge in [-0.1, -0.05) is 19.8 Å². The van der Waals surface area contributed by atoms with E-state index in [2.05, 4.69) is 25.9 Å². The van der Waals surface area contributed by atoms with E-state index in [4.69, 9.17) is 0 Å². The van der Waals surface area contributed by atoms with Gasteiger partial charge < -0.3 is 10.0 Å². The maximum absolute atomic E-state index is 11.3. The minimum Gasteiger partial charge on any atom is -0.481 e. The number of hydrogen-bond acceptors (Lipinski definition) is 3. The predicted molar refractivity (Wildman–Crippen MR) is 78.2 cm³/mol. The summed E-state index contributed by atoms with van der Waals surface area (Å²) in [6.45, 7) is 3.25. The van der Waals surface area contributed by atoms with Gasteiger partial charge in [-0.2, -0.15) is 11.8 Å². The van der Waals surface area contributed by atoms with Crippen molar-refractivity contribution in [2.75, 3.05) is 26.4 Å². The lowest BCUT2D eigenvalue weighted by atomic mass is 9.80. The molecule has 1 rings (SSSR count). The minimum absolute atomic E-state index is 0.120. The third-order valence-electron chi connectivity index (χ3n) is 3.78. The number of carboxylic acids is 1. The summed E-state index contributed by atoms with van der Waals surface area (Å²) < 4.78 is 0. The van der Waals surface area contributed by atoms with Crippen LogP contribution in [0.15, 0.2) is 0 Å². The smallest absolute Gasteiger partial charge is 0.307 e. The first-order chi connectivity index (χ1) is 8.54. The molecule has 1 N–H and O–H groups in total. The number of rotatable bonds is 7. The largest absolute Gasteiger partial charge is 0.481 e. The number of carboxylic acid groups (broad SMARTS) is 1. The monoisotopic (exact) mass is 273 g/mol. The van der Waals surface area contributed by atoms with Crippen molar-refractivity contribution in [3.63, 3.8) is 0 Å². The third kappa shape index (κ3) is 5.19. The standard InChI is InChI=1S/C14H27NO2S/c1-4-5-11-6-7-12(14(16)17)13(10-11)18-9-8-15(2)3/h11-13H,4-10H2,1-3H3,(H,16,17). The predicted octanol–water partition coefficient (Wildman–Crippen LogP) is 2.95. The highest BCUT2D eigenvalue weighted by Gasteiger charge is 2.34. The van der Waals surface area contributed by atoms with Gasteiger partial charge in [-0.15, -0.1) is 0 Å². The van der Waals surface area contributed by atoms with Crippen LogP contribution in [0.25, 0.3) is 0 Å². The molecule has 0 bridgehead atoms. The SMILES string of the molecule is CCCC1CCC(C(=O)O)C(SCCN(C)C)C1. The molecular formula is C14H27NO2S. The molecule has 1 aliphatic carbocycles. The second-order valence-corrected chi connectivity index (χ2v) is 6.97. The quantitative estimate of drug-likeness (QED) is 0.774. The Balaban J connectivity index is 2.46. The van der Waals surface area contributed by atoms with Crippen molar-refractivity contribution in [3.8, 4) is 0 Å². The summed E-state index contributed by atoms with van der Waals surface area (Å²) in [6, 6.07) is 0. The van der Waals surface area contributed by atoms with Crippen molar-refractivity contribution in [1.82, 2.24) is 4.90 Å². The molecule has 4 heteroatoms. The maximum Gasteiger partial charge on any atom is 0.307 e. The fourth-order valence-corrected chi connectivity index (χ4v) is 4.40. The third-order valence-corrected chi connectivity index (χ3v) is 5.15. The van der Waals surface area contributed by atoms with Crippen LogP contribution in [0.4, 0.5) is 0 Å². The van der Waals surface area contributed by atoms with Crippen LogP contribution < -0.4 is 0 Å². The highest BCUT2D eigenvalue weighted by Crippen LogP contribution is 2.38. The van der Waals surface area contributed by atoms with E-state index in [-0.39, 0.29) is 5.92 Å². The number of aliphatic carboxylic acids is 1. The minimum atomic E-state index is -0.590. The van der Waals surface area contributed by atoms with Gasteiger partial charge in [0.1, 0.15) is 0 Å². The van der Waals surface area contributed by atoms with E-state index >= 15 is 0 Å². The molecular weight excluding hydrogens is 246 g/mol. The average Bonchev–Trinajstić information content (AvgIpc) is 2.29. The fourth-order valence-electron chi connectivity index (χ4n) is 2.74. The summed E-state index contributed by atoms with van der Waals surface area (Å²) in [5.41, 5.74) is 0. The van der Waals surface area contributed by atoms with Crippen LogP contribution in [-0.4, -0.2) is 47.6 Å². The molecule has 3 unspecified atom stereocenters. The van der Waals surface area contributed by atoms with Crippen LogP contribution in [0.5, 0.6) is 0 Å². The van der Waals surface area contributed by atoms with E-state index in [0.717, 1.165) is 37.5 Å². The molecule has 0 heterocycles. The van der Waals surface area contributed by atoms with Crippen molar-refractivity contribution in [2.45, 2.75) is 44.3 Å². The van der Waals surface area contributed by atoms with Crippen LogP contribution in [0.1, 0.15) is 39.0 Å². The Morgan fingerprint density at radius 2 is 2.11 bits per heavy atom. The Kier molecular flexibility index (Phi) is 7.08. The van der Waals surface area contributed by atoms with Gasteiger partial charge in [-0.05, 0) is 39.3 Å². The summed E-state index contributed by atoms with van der Waals surface area (Å²) in [7, 11) is 4.13. The van der Waals surface area contributed by atoms with Gasteiger partial charge in [0.15, 0.2) is 0 Å². The molecule has 1 saturated carbocycles. The summed E-state index contributed by atoms with van der Waals surface area (Å²) >= 11 is 1.87. The molecule has 106 valence electrons. The summed E-state index contributed by atoms with van der Waals surface area (Å²) in [5.74, 6) is 1.08. The summed E-state index contributed by atoms with van der Waals surface area (Å²) in [4.78, 5) is 13.5. The van der Waals surface area contributed by atoms with E-state index in [1.165, 1.54) is 12.8 Å². The molecule has 1 fully saturated rings. The van der Waals surface area contributed by atoms with Crippen LogP contribution >= 0.6 is 11.8 Å². The Bertz CT molecular complexity index is 258. The molecule has 0 aromatic rings. The first-order valence-electron chi connectivity index (χ1n) is 7.03. The second-order valence-electron chi connectivity index (χ2n) is 5.63. The summed E-state index contributed by atoms with van der Waals surface area (Å²) in [5, 5.41) is 9.64. The molecule has 0 aromatic heterocycles. The molecule has 0 saturated heterocycles. The molecule has 18 heavy (non-hydrogen) atoms. The number of nitrogens with zero attached hydrogens (tertiary/aromatic N) is 1. The van der Waals surface area contributed by atoms with Gasteiger partial charge in [0.2, 0.25) is 0 Å². The molecule has 3 atom stereocenters. The zero-order chi connectivity index (χ0) is 13.5. The van der Waals surface area contributed by atoms with E-state index < -0.39 is 5.97 Å². The highest BCUT2D eigenvalue weighted by atomic mass is 32.2. The van der Waals surface area contributed by atoms with Gasteiger partial charge in [0.25, 0.3) is 0 Å². The van der Waals surface area contributed by atoms with Gasteiger partial charge in [0.05, 0.1) is 5.92 Å². The van der Waals surface area contributed by atoms with E-state index in [0.29, 0.717) is 5.25 Å². The van der Waals surface area contributed by atoms with Crippen molar-refractivity contribution in [2.24, 2.45) is 11.8 Å². The van der Waals surface area contributed by atoms with E-state index in [1.54, 1.807) is 0 Å². The topological polar surface area (TPSA) is 40.5 Å². The van der Waals surface area contributed by atoms with Crippen molar-refractivity contribution in [1.29, 1.82) is 0 Å². The van der Waals surface area contributed by atoms with Gasteiger partial charge >= 0.3 is 5.97 Å². The number of carbonyl (C=O) groups is 1. The fraction of sp³-hybridized carbons (Fsp3) is 0.929. The zero-order valence-corrected chi connectivity index (χ0v) is 12.7. The van der Waals surface area contributed by atoms with Crippen LogP contribution in [0.3, 0.4) is 0 Å². The molecule has 0 aromatic carbocycles. The Morgan fingerprint density at radius 1 is 1.39 bits per heavy atom. The van der Waals surface area contributed by atoms with Gasteiger partial charge in [0, 0.05) is 17.5 Å². The number of hydrogen-bond donors (Lipinski definition) is 1. The highest BCUT2D eigenvalue weighted by molar-refractivity contribution is 7.99. The molecule has 1 aliphatic rings. The molecule has 3 nitrogen and oxygen atoms in total. The van der Waals surface area contributed by atoms with Crippen LogP contribution in [0, 0.1) is 11.8 Å². The Hall–Kier alpha value is -0.220. The van der Waals surface area contributed by atoms with Gasteiger partial charge in [-0.3, -0.25) is 4.79 Å². The molecule has 0 aliphatic heterocycles. The van der Waals surface area contributed by atoms with E-state index in [9.17, 15) is 9.90 Å². The van der Waals surface area contributed by atoms with Crippen molar-refractivity contribution >= 4 is 17.7 Å². The second kappa shape index (κ2) is 8.05. The lowest BCUT2D eigenvalue weighted by molar-refractivity contribution is -0.142. The normalized spacial score (nSPS) is 28.6. The molecule has 0 amide bonds. The average molecular weight is 273 g/mol. The lowest BCUT2D eigenvalue weighted by Gasteiger charge is -2.33. The molecule has 0 spiro atoms. The molecule has 0 radical (unpaired) electrons. The van der Waals surface area contributed by atoms with Crippen LogP contribution in [0.2, 0.25) is 0 Å². The summed E-state index contributed by atoms with van der Waals surface area (Å²) in [6.07, 6.45) is 5.56. The first kappa shape index (κ1) is 15.8. The Morgan fingerprint density at radius 3 is 2.67 bits per heavy atom. The van der Waals surface area contributed by atoms with Crippen molar-refractivity contribution < 1.29 is 9.90 Å². The zero-order valence-electron chi connectivity index (χ0n) is 11.9. The Labute approximate surface area is 115 Å². The van der Waals surface area contributed by atoms with E-state index in [1.807, 2.05) is 11.8 Å². The van der Waals surface area contributed by atoms with Gasteiger partial charge in [-0.25, -0.2) is 0 Å². The first-order valence-corrected chi connectivity index (χ1v) is 8.08. The number of thioether (sulfide) groups is 1. The maximum atomic E-state index is 11.3. The lowest BCUT2D eigenvalue weighted by Crippen LogP contribution is -2.33.